The van der Waals surface area contributed by atoms with Crippen LogP contribution in [0.15, 0.2) is 85.3 Å². The van der Waals surface area contributed by atoms with E-state index in [9.17, 15) is 9.59 Å². The van der Waals surface area contributed by atoms with Crippen molar-refractivity contribution in [2.75, 3.05) is 18.4 Å². The van der Waals surface area contributed by atoms with Gasteiger partial charge in [0.25, 0.3) is 5.91 Å². The van der Waals surface area contributed by atoms with Gasteiger partial charge in [0, 0.05) is 31.2 Å². The Balaban J connectivity index is 1.36. The highest BCUT2D eigenvalue weighted by molar-refractivity contribution is 5.98. The quantitative estimate of drug-likeness (QED) is 0.446. The van der Waals surface area contributed by atoms with Crippen molar-refractivity contribution in [2.24, 2.45) is 5.92 Å². The van der Waals surface area contributed by atoms with Crippen LogP contribution in [-0.2, 0) is 11.2 Å². The number of hydrogen-bond donors (Lipinski definition) is 1. The zero-order valence-corrected chi connectivity index (χ0v) is 19.8. The number of anilines is 1. The van der Waals surface area contributed by atoms with E-state index in [1.807, 2.05) is 83.7 Å². The smallest absolute Gasteiger partial charge is 0.259 e. The number of likely N-dealkylation sites (tertiary alicyclic amines) is 1. The Labute approximate surface area is 205 Å². The lowest BCUT2D eigenvalue weighted by molar-refractivity contribution is -0.121. The van der Waals surface area contributed by atoms with Crippen LogP contribution in [0.4, 0.5) is 5.69 Å². The summed E-state index contributed by atoms with van der Waals surface area (Å²) in [6, 6.07) is 21.5. The molecule has 2 aromatic heterocycles. The summed E-state index contributed by atoms with van der Waals surface area (Å²) in [6.07, 6.45) is 7.94. The molecular weight excluding hydrogens is 438 g/mol. The number of benzene rings is 2. The maximum Gasteiger partial charge on any atom is 0.259 e. The maximum absolute atomic E-state index is 13.7. The fourth-order valence-corrected chi connectivity index (χ4v) is 4.59. The molecule has 2 aromatic carbocycles. The minimum atomic E-state index is -0.252. The van der Waals surface area contributed by atoms with Crippen molar-refractivity contribution in [1.29, 1.82) is 0 Å². The summed E-state index contributed by atoms with van der Waals surface area (Å²) in [6.45, 7) is 3.11. The average molecular weight is 468 g/mol. The molecule has 3 heterocycles. The number of nitrogens with one attached hydrogen (secondary N) is 1. The van der Waals surface area contributed by atoms with E-state index in [0.29, 0.717) is 24.5 Å². The van der Waals surface area contributed by atoms with E-state index >= 15 is 0 Å². The van der Waals surface area contributed by atoms with Gasteiger partial charge in [0.1, 0.15) is 5.56 Å². The summed E-state index contributed by atoms with van der Waals surface area (Å²) >= 11 is 0. The first-order valence-corrected chi connectivity index (χ1v) is 12.1. The second kappa shape index (κ2) is 10.0. The molecule has 0 aliphatic carbocycles. The summed E-state index contributed by atoms with van der Waals surface area (Å²) < 4.78 is 3.68. The van der Waals surface area contributed by atoms with Crippen molar-refractivity contribution < 1.29 is 9.59 Å². The van der Waals surface area contributed by atoms with Crippen LogP contribution in [0, 0.1) is 5.92 Å². The van der Waals surface area contributed by atoms with Gasteiger partial charge in [0.15, 0.2) is 5.82 Å². The van der Waals surface area contributed by atoms with Crippen LogP contribution >= 0.6 is 0 Å². The first-order valence-electron chi connectivity index (χ1n) is 12.1. The number of carbonyl (C=O) groups excluding carboxylic acids is 2. The lowest BCUT2D eigenvalue weighted by Crippen LogP contribution is -2.44. The van der Waals surface area contributed by atoms with Crippen molar-refractivity contribution in [3.63, 3.8) is 0 Å². The zero-order chi connectivity index (χ0) is 24.2. The average Bonchev–Trinajstić information content (AvgIpc) is 3.59. The fraction of sp³-hybridized carbons (Fsp3) is 0.250. The molecule has 178 valence electrons. The Hall–Kier alpha value is -4.13. The highest BCUT2D eigenvalue weighted by Crippen LogP contribution is 2.25. The molecule has 5 rings (SSSR count). The lowest BCUT2D eigenvalue weighted by Gasteiger charge is -2.32. The van der Waals surface area contributed by atoms with Gasteiger partial charge in [-0.2, -0.15) is 5.10 Å². The van der Waals surface area contributed by atoms with E-state index in [4.69, 9.17) is 0 Å². The van der Waals surface area contributed by atoms with Crippen LogP contribution < -0.4 is 5.32 Å². The highest BCUT2D eigenvalue weighted by Gasteiger charge is 2.31. The van der Waals surface area contributed by atoms with Gasteiger partial charge in [-0.15, -0.1) is 0 Å². The summed E-state index contributed by atoms with van der Waals surface area (Å²) in [5, 5.41) is 7.58. The minimum absolute atomic E-state index is 0.0441. The van der Waals surface area contributed by atoms with Crippen molar-refractivity contribution >= 4 is 17.5 Å². The molecule has 4 aromatic rings. The highest BCUT2D eigenvalue weighted by atomic mass is 16.2. The Morgan fingerprint density at radius 2 is 1.74 bits per heavy atom. The number of para-hydroxylation sites is 1. The molecule has 1 fully saturated rings. The van der Waals surface area contributed by atoms with E-state index in [0.717, 1.165) is 30.6 Å². The molecule has 2 amide bonds. The largest absolute Gasteiger partial charge is 0.338 e. The number of aryl methyl sites for hydroxylation is 1. The van der Waals surface area contributed by atoms with Crippen LogP contribution in [-0.4, -0.2) is 44.2 Å². The lowest BCUT2D eigenvalue weighted by atomic mass is 9.96. The molecule has 1 unspecified atom stereocenters. The molecule has 1 saturated heterocycles. The molecule has 7 heteroatoms. The second-order valence-corrected chi connectivity index (χ2v) is 8.85. The Bertz CT molecular complexity index is 1290. The van der Waals surface area contributed by atoms with Crippen molar-refractivity contribution in [2.45, 2.75) is 26.2 Å². The van der Waals surface area contributed by atoms with Gasteiger partial charge in [-0.25, -0.2) is 4.68 Å². The third kappa shape index (κ3) is 4.75. The predicted octanol–water partition coefficient (Wildman–Crippen LogP) is 4.72. The third-order valence-electron chi connectivity index (χ3n) is 6.53. The van der Waals surface area contributed by atoms with Gasteiger partial charge < -0.3 is 14.8 Å². The topological polar surface area (TPSA) is 72.2 Å². The molecule has 1 aliphatic rings. The minimum Gasteiger partial charge on any atom is -0.338 e. The van der Waals surface area contributed by atoms with Gasteiger partial charge in [0.05, 0.1) is 17.8 Å². The van der Waals surface area contributed by atoms with E-state index in [2.05, 4.69) is 17.3 Å². The molecule has 7 nitrogen and oxygen atoms in total. The Morgan fingerprint density at radius 3 is 2.46 bits per heavy atom. The number of aromatic nitrogens is 3. The molecular formula is C28H29N5O2. The Kier molecular flexibility index (Phi) is 6.48. The summed E-state index contributed by atoms with van der Waals surface area (Å²) in [4.78, 5) is 28.5. The number of piperidine rings is 1. The van der Waals surface area contributed by atoms with E-state index < -0.39 is 0 Å². The van der Waals surface area contributed by atoms with E-state index in [1.165, 1.54) is 5.56 Å². The van der Waals surface area contributed by atoms with Crippen molar-refractivity contribution in [1.82, 2.24) is 19.2 Å². The summed E-state index contributed by atoms with van der Waals surface area (Å²) in [7, 11) is 0. The van der Waals surface area contributed by atoms with Crippen LogP contribution in [0.1, 0.15) is 35.7 Å². The zero-order valence-electron chi connectivity index (χ0n) is 19.8. The van der Waals surface area contributed by atoms with Gasteiger partial charge in [-0.3, -0.25) is 9.59 Å². The van der Waals surface area contributed by atoms with E-state index in [-0.39, 0.29) is 17.7 Å². The van der Waals surface area contributed by atoms with Crippen LogP contribution in [0.3, 0.4) is 0 Å². The molecule has 0 spiro atoms. The van der Waals surface area contributed by atoms with Crippen LogP contribution in [0.5, 0.6) is 0 Å². The molecule has 35 heavy (non-hydrogen) atoms. The van der Waals surface area contributed by atoms with Crippen molar-refractivity contribution in [3.05, 3.63) is 96.4 Å². The molecule has 1 aliphatic heterocycles. The molecule has 1 atom stereocenters. The fourth-order valence-electron chi connectivity index (χ4n) is 4.59. The number of rotatable bonds is 6. The van der Waals surface area contributed by atoms with Crippen LogP contribution in [0.2, 0.25) is 0 Å². The van der Waals surface area contributed by atoms with Gasteiger partial charge in [0.2, 0.25) is 5.91 Å². The number of hydrogen-bond acceptors (Lipinski definition) is 3. The van der Waals surface area contributed by atoms with Crippen molar-refractivity contribution in [3.8, 4) is 11.5 Å². The van der Waals surface area contributed by atoms with E-state index in [1.54, 1.807) is 15.8 Å². The number of carbonyl (C=O) groups is 2. The predicted molar refractivity (Wildman–Crippen MR) is 136 cm³/mol. The SMILES string of the molecule is CCc1ccc(NC(=O)C2CCCN(C(=O)c3cnn(-c4ccccc4)c3-n3cccc3)C2)cc1. The summed E-state index contributed by atoms with van der Waals surface area (Å²) in [5.74, 6) is 0.282. The first-order chi connectivity index (χ1) is 17.1. The summed E-state index contributed by atoms with van der Waals surface area (Å²) in [5.41, 5.74) is 3.41. The monoisotopic (exact) mass is 467 g/mol. The van der Waals surface area contributed by atoms with Gasteiger partial charge >= 0.3 is 0 Å². The van der Waals surface area contributed by atoms with Crippen LogP contribution in [0.25, 0.3) is 11.5 Å². The number of nitrogens with zero attached hydrogens (tertiary/aromatic N) is 4. The Morgan fingerprint density at radius 1 is 1.00 bits per heavy atom. The third-order valence-corrected chi connectivity index (χ3v) is 6.53. The first kappa shape index (κ1) is 22.7. The van der Waals surface area contributed by atoms with Gasteiger partial charge in [-0.1, -0.05) is 37.3 Å². The normalized spacial score (nSPS) is 15.7. The second-order valence-electron chi connectivity index (χ2n) is 8.85. The van der Waals surface area contributed by atoms with Gasteiger partial charge in [-0.05, 0) is 61.2 Å². The molecule has 1 N–H and O–H groups in total. The molecule has 0 radical (unpaired) electrons. The standard InChI is InChI=1S/C28H29N5O2/c1-2-21-12-14-23(15-13-21)30-26(34)22-9-8-18-32(20-22)28(35)25-19-29-33(24-10-4-3-5-11-24)27(25)31-16-6-7-17-31/h3-7,10-17,19,22H,2,8-9,18,20H2,1H3,(H,30,34). The molecule has 0 saturated carbocycles. The maximum atomic E-state index is 13.7. The number of amides is 2. The molecule has 0 bridgehead atoms.